The molecule has 1 heterocycles. The van der Waals surface area contributed by atoms with Crippen molar-refractivity contribution in [1.29, 1.82) is 0 Å². The van der Waals surface area contributed by atoms with Gasteiger partial charge in [-0.2, -0.15) is 0 Å². The van der Waals surface area contributed by atoms with E-state index in [4.69, 9.17) is 5.11 Å². The highest BCUT2D eigenvalue weighted by molar-refractivity contribution is 6.02. The van der Waals surface area contributed by atoms with E-state index >= 15 is 0 Å². The average Bonchev–Trinajstić information content (AvgIpc) is 2.56. The van der Waals surface area contributed by atoms with Crippen LogP contribution in [0.2, 0.25) is 0 Å². The largest absolute Gasteiger partial charge is 0.396 e. The number of hydrogen-bond donors (Lipinski definition) is 2. The molecule has 0 aliphatic carbocycles. The van der Waals surface area contributed by atoms with Crippen LogP contribution in [0.1, 0.15) is 30.7 Å². The molecule has 0 spiro atoms. The van der Waals surface area contributed by atoms with Gasteiger partial charge in [-0.05, 0) is 24.5 Å². The van der Waals surface area contributed by atoms with E-state index in [2.05, 4.69) is 5.32 Å². The number of anilines is 1. The molecule has 0 saturated heterocycles. The number of aliphatic hydroxyl groups excluding tert-OH is 1. The molecule has 2 rings (SSSR count). The minimum absolute atomic E-state index is 0.0206. The van der Waals surface area contributed by atoms with Gasteiger partial charge in [0.05, 0.1) is 5.92 Å². The maximum atomic E-state index is 11.7. The highest BCUT2D eigenvalue weighted by Crippen LogP contribution is 2.35. The zero-order chi connectivity index (χ0) is 10.7. The van der Waals surface area contributed by atoms with Gasteiger partial charge in [0.25, 0.3) is 0 Å². The van der Waals surface area contributed by atoms with Crippen LogP contribution in [0.4, 0.5) is 5.69 Å². The molecule has 1 aromatic carbocycles. The van der Waals surface area contributed by atoms with Gasteiger partial charge in [0.1, 0.15) is 0 Å². The van der Waals surface area contributed by atoms with Crippen molar-refractivity contribution < 1.29 is 9.90 Å². The van der Waals surface area contributed by atoms with Gasteiger partial charge in [0.2, 0.25) is 5.91 Å². The van der Waals surface area contributed by atoms with Crippen LogP contribution in [0.15, 0.2) is 24.3 Å². The summed E-state index contributed by atoms with van der Waals surface area (Å²) in [5.41, 5.74) is 2.04. The van der Waals surface area contributed by atoms with E-state index in [-0.39, 0.29) is 18.4 Å². The number of para-hydroxylation sites is 1. The third kappa shape index (κ3) is 2.02. The molecule has 1 aliphatic heterocycles. The van der Waals surface area contributed by atoms with E-state index in [1.54, 1.807) is 0 Å². The van der Waals surface area contributed by atoms with Crippen LogP contribution in [-0.2, 0) is 4.79 Å². The van der Waals surface area contributed by atoms with Crippen LogP contribution in [-0.4, -0.2) is 17.6 Å². The molecular formula is C12H15NO2. The number of aliphatic hydroxyl groups is 1. The molecule has 1 aliphatic rings. The minimum Gasteiger partial charge on any atom is -0.396 e. The van der Waals surface area contributed by atoms with Gasteiger partial charge in [-0.15, -0.1) is 0 Å². The second-order valence-electron chi connectivity index (χ2n) is 3.85. The van der Waals surface area contributed by atoms with Crippen LogP contribution >= 0.6 is 0 Å². The van der Waals surface area contributed by atoms with Crippen LogP contribution in [0, 0.1) is 0 Å². The monoisotopic (exact) mass is 205 g/mol. The van der Waals surface area contributed by atoms with Gasteiger partial charge in [-0.1, -0.05) is 24.6 Å². The Morgan fingerprint density at radius 3 is 2.87 bits per heavy atom. The number of fused-ring (bicyclic) bond motifs is 1. The third-order valence-corrected chi connectivity index (χ3v) is 2.81. The summed E-state index contributed by atoms with van der Waals surface area (Å²) < 4.78 is 0. The summed E-state index contributed by atoms with van der Waals surface area (Å²) in [5, 5.41) is 11.6. The predicted molar refractivity (Wildman–Crippen MR) is 58.7 cm³/mol. The number of benzene rings is 1. The Morgan fingerprint density at radius 2 is 2.07 bits per heavy atom. The van der Waals surface area contributed by atoms with E-state index in [1.165, 1.54) is 0 Å². The van der Waals surface area contributed by atoms with Gasteiger partial charge < -0.3 is 10.4 Å². The second-order valence-corrected chi connectivity index (χ2v) is 3.85. The summed E-state index contributed by atoms with van der Waals surface area (Å²) in [6, 6.07) is 7.81. The lowest BCUT2D eigenvalue weighted by Crippen LogP contribution is -2.12. The Balaban J connectivity index is 2.08. The molecule has 0 fully saturated rings. The number of hydrogen-bond acceptors (Lipinski definition) is 2. The first-order valence-corrected chi connectivity index (χ1v) is 5.33. The average molecular weight is 205 g/mol. The van der Waals surface area contributed by atoms with Crippen molar-refractivity contribution in [3.05, 3.63) is 29.8 Å². The van der Waals surface area contributed by atoms with E-state index in [0.717, 1.165) is 30.5 Å². The maximum Gasteiger partial charge on any atom is 0.232 e. The summed E-state index contributed by atoms with van der Waals surface area (Å²) in [5.74, 6) is 0.0712. The molecule has 0 radical (unpaired) electrons. The highest BCUT2D eigenvalue weighted by atomic mass is 16.2. The van der Waals surface area contributed by atoms with E-state index in [0.29, 0.717) is 0 Å². The number of nitrogens with one attached hydrogen (secondary N) is 1. The van der Waals surface area contributed by atoms with E-state index < -0.39 is 0 Å². The second kappa shape index (κ2) is 4.45. The van der Waals surface area contributed by atoms with Crippen LogP contribution in [0.5, 0.6) is 0 Å². The van der Waals surface area contributed by atoms with Crippen molar-refractivity contribution in [2.24, 2.45) is 0 Å². The zero-order valence-corrected chi connectivity index (χ0v) is 8.57. The molecule has 80 valence electrons. The van der Waals surface area contributed by atoms with Gasteiger partial charge in [0.15, 0.2) is 0 Å². The summed E-state index contributed by atoms with van der Waals surface area (Å²) in [6.45, 7) is 0.204. The molecule has 1 aromatic rings. The molecule has 0 aromatic heterocycles. The molecule has 3 nitrogen and oxygen atoms in total. The summed E-state index contributed by atoms with van der Waals surface area (Å²) in [6.07, 6.45) is 2.48. The molecule has 1 atom stereocenters. The van der Waals surface area contributed by atoms with Gasteiger partial charge in [0, 0.05) is 12.3 Å². The van der Waals surface area contributed by atoms with Crippen LogP contribution in [0.25, 0.3) is 0 Å². The fraction of sp³-hybridized carbons (Fsp3) is 0.417. The molecule has 1 amide bonds. The Labute approximate surface area is 89.1 Å². The first-order valence-electron chi connectivity index (χ1n) is 5.33. The minimum atomic E-state index is -0.0206. The number of carbonyl (C=O) groups excluding carboxylic acids is 1. The maximum absolute atomic E-state index is 11.7. The normalized spacial score (nSPS) is 18.7. The number of amides is 1. The van der Waals surface area contributed by atoms with Crippen molar-refractivity contribution in [2.45, 2.75) is 25.2 Å². The molecule has 0 unspecified atom stereocenters. The van der Waals surface area contributed by atoms with E-state index in [9.17, 15) is 4.79 Å². The Kier molecular flexibility index (Phi) is 3.02. The van der Waals surface area contributed by atoms with Crippen molar-refractivity contribution in [2.75, 3.05) is 11.9 Å². The molecule has 15 heavy (non-hydrogen) atoms. The Morgan fingerprint density at radius 1 is 1.27 bits per heavy atom. The Hall–Kier alpha value is -1.35. The zero-order valence-electron chi connectivity index (χ0n) is 8.57. The topological polar surface area (TPSA) is 49.3 Å². The first kappa shape index (κ1) is 10.2. The standard InChI is InChI=1S/C12H15NO2/c14-8-4-3-6-10-9-5-1-2-7-11(9)13-12(10)15/h1-2,5,7,10,14H,3-4,6,8H2,(H,13,15)/t10-/m0/s1. The molecule has 0 saturated carbocycles. The molecule has 0 bridgehead atoms. The Bertz CT molecular complexity index is 362. The van der Waals surface area contributed by atoms with Crippen LogP contribution < -0.4 is 5.32 Å². The number of rotatable bonds is 4. The first-order chi connectivity index (χ1) is 7.33. The summed E-state index contributed by atoms with van der Waals surface area (Å²) in [7, 11) is 0. The number of unbranched alkanes of at least 4 members (excludes halogenated alkanes) is 1. The van der Waals surface area contributed by atoms with Crippen molar-refractivity contribution in [3.8, 4) is 0 Å². The fourth-order valence-corrected chi connectivity index (χ4v) is 2.02. The van der Waals surface area contributed by atoms with Crippen molar-refractivity contribution in [3.63, 3.8) is 0 Å². The smallest absolute Gasteiger partial charge is 0.232 e. The lowest BCUT2D eigenvalue weighted by Gasteiger charge is -2.07. The molecule has 3 heteroatoms. The summed E-state index contributed by atoms with van der Waals surface area (Å²) >= 11 is 0. The van der Waals surface area contributed by atoms with Crippen molar-refractivity contribution in [1.82, 2.24) is 0 Å². The third-order valence-electron chi connectivity index (χ3n) is 2.81. The fourth-order valence-electron chi connectivity index (χ4n) is 2.02. The lowest BCUT2D eigenvalue weighted by atomic mass is 9.95. The van der Waals surface area contributed by atoms with Gasteiger partial charge in [-0.3, -0.25) is 4.79 Å². The highest BCUT2D eigenvalue weighted by Gasteiger charge is 2.29. The quantitative estimate of drug-likeness (QED) is 0.737. The van der Waals surface area contributed by atoms with E-state index in [1.807, 2.05) is 24.3 Å². The predicted octanol–water partition coefficient (Wildman–Crippen LogP) is 1.88. The number of carbonyl (C=O) groups is 1. The van der Waals surface area contributed by atoms with Gasteiger partial charge >= 0.3 is 0 Å². The summed E-state index contributed by atoms with van der Waals surface area (Å²) in [4.78, 5) is 11.7. The van der Waals surface area contributed by atoms with Crippen LogP contribution in [0.3, 0.4) is 0 Å². The van der Waals surface area contributed by atoms with Crippen molar-refractivity contribution >= 4 is 11.6 Å². The molecule has 2 N–H and O–H groups in total. The molecular weight excluding hydrogens is 190 g/mol. The SMILES string of the molecule is O=C1Nc2ccccc2[C@@H]1CCCCO. The van der Waals surface area contributed by atoms with Gasteiger partial charge in [-0.25, -0.2) is 0 Å². The lowest BCUT2D eigenvalue weighted by molar-refractivity contribution is -0.117.